The van der Waals surface area contributed by atoms with Crippen molar-refractivity contribution in [2.45, 2.75) is 32.9 Å². The van der Waals surface area contributed by atoms with Crippen LogP contribution in [0.5, 0.6) is 11.5 Å². The molecule has 0 aliphatic heterocycles. The molecule has 0 bridgehead atoms. The van der Waals surface area contributed by atoms with Crippen LogP contribution in [-0.4, -0.2) is 19.3 Å². The summed E-state index contributed by atoms with van der Waals surface area (Å²) >= 11 is 0. The third-order valence-electron chi connectivity index (χ3n) is 2.56. The summed E-state index contributed by atoms with van der Waals surface area (Å²) in [6, 6.07) is 5.98. The van der Waals surface area contributed by atoms with Crippen LogP contribution in [0.15, 0.2) is 30.9 Å². The molecule has 0 radical (unpaired) electrons. The van der Waals surface area contributed by atoms with E-state index < -0.39 is 0 Å². The highest BCUT2D eigenvalue weighted by molar-refractivity contribution is 5.46. The van der Waals surface area contributed by atoms with E-state index >= 15 is 0 Å². The van der Waals surface area contributed by atoms with Crippen LogP contribution in [0.25, 0.3) is 0 Å². The summed E-state index contributed by atoms with van der Waals surface area (Å²) in [5.41, 5.74) is 1.34. The molecule has 0 fully saturated rings. The monoisotopic (exact) mass is 250 g/mol. The molecule has 0 saturated heterocycles. The summed E-state index contributed by atoms with van der Waals surface area (Å²) in [7, 11) is 1.66. The van der Waals surface area contributed by atoms with Gasteiger partial charge in [0.25, 0.3) is 0 Å². The molecule has 3 nitrogen and oxygen atoms in total. The summed E-state index contributed by atoms with van der Waals surface area (Å²) in [4.78, 5) is 0. The number of quaternary nitrogens is 1. The minimum atomic E-state index is 0.193. The first-order chi connectivity index (χ1) is 8.48. The average Bonchev–Trinajstić information content (AvgIpc) is 2.33. The zero-order chi connectivity index (χ0) is 13.6. The van der Waals surface area contributed by atoms with Crippen LogP contribution in [0.2, 0.25) is 0 Å². The first kappa shape index (κ1) is 14.6. The molecule has 18 heavy (non-hydrogen) atoms. The number of benzene rings is 1. The predicted molar refractivity (Wildman–Crippen MR) is 74.1 cm³/mol. The van der Waals surface area contributed by atoms with Crippen molar-refractivity contribution in [3.05, 3.63) is 36.4 Å². The van der Waals surface area contributed by atoms with Crippen LogP contribution in [-0.2, 0) is 6.54 Å². The highest BCUT2D eigenvalue weighted by atomic mass is 16.5. The molecule has 1 aromatic rings. The molecule has 0 aliphatic carbocycles. The molecule has 0 unspecified atom stereocenters. The third kappa shape index (κ3) is 4.41. The maximum atomic E-state index is 5.71. The summed E-state index contributed by atoms with van der Waals surface area (Å²) in [6.07, 6.45) is 1.74. The average molecular weight is 250 g/mol. The number of methoxy groups -OCH3 is 1. The van der Waals surface area contributed by atoms with E-state index in [-0.39, 0.29) is 5.54 Å². The van der Waals surface area contributed by atoms with Gasteiger partial charge in [0.05, 0.1) is 18.2 Å². The van der Waals surface area contributed by atoms with Crippen LogP contribution < -0.4 is 14.8 Å². The molecule has 1 aromatic carbocycles. The SMILES string of the molecule is C=CCOc1c(C[NH2+]C(C)(C)C)cccc1OC. The molecule has 0 saturated carbocycles. The second-order valence-electron chi connectivity index (χ2n) is 5.32. The van der Waals surface area contributed by atoms with Gasteiger partial charge in [-0.25, -0.2) is 0 Å². The first-order valence-corrected chi connectivity index (χ1v) is 6.22. The quantitative estimate of drug-likeness (QED) is 0.785. The fourth-order valence-corrected chi connectivity index (χ4v) is 1.60. The van der Waals surface area contributed by atoms with Gasteiger partial charge in [0.15, 0.2) is 11.5 Å². The Bertz CT molecular complexity index is 394. The molecule has 1 rings (SSSR count). The summed E-state index contributed by atoms with van der Waals surface area (Å²) in [6.45, 7) is 11.6. The Hall–Kier alpha value is -1.48. The smallest absolute Gasteiger partial charge is 0.170 e. The molecular weight excluding hydrogens is 226 g/mol. The lowest BCUT2D eigenvalue weighted by atomic mass is 10.1. The molecule has 0 amide bonds. The second-order valence-corrected chi connectivity index (χ2v) is 5.32. The van der Waals surface area contributed by atoms with Gasteiger partial charge < -0.3 is 14.8 Å². The van der Waals surface area contributed by atoms with Crippen LogP contribution in [0.1, 0.15) is 26.3 Å². The lowest BCUT2D eigenvalue weighted by Crippen LogP contribution is -2.92. The summed E-state index contributed by atoms with van der Waals surface area (Å²) < 4.78 is 11.1. The Morgan fingerprint density at radius 1 is 1.33 bits per heavy atom. The van der Waals surface area contributed by atoms with E-state index in [2.05, 4.69) is 38.7 Å². The fraction of sp³-hybridized carbons (Fsp3) is 0.467. The maximum absolute atomic E-state index is 5.71. The Labute approximate surface area is 110 Å². The molecule has 0 spiro atoms. The van der Waals surface area contributed by atoms with Gasteiger partial charge in [-0.15, -0.1) is 0 Å². The van der Waals surface area contributed by atoms with Crippen molar-refractivity contribution in [2.75, 3.05) is 13.7 Å². The van der Waals surface area contributed by atoms with Crippen molar-refractivity contribution < 1.29 is 14.8 Å². The van der Waals surface area contributed by atoms with Gasteiger partial charge in [0, 0.05) is 0 Å². The molecule has 3 heteroatoms. The van der Waals surface area contributed by atoms with Crippen LogP contribution in [0.3, 0.4) is 0 Å². The molecule has 0 atom stereocenters. The van der Waals surface area contributed by atoms with E-state index in [9.17, 15) is 0 Å². The van der Waals surface area contributed by atoms with E-state index in [1.165, 1.54) is 0 Å². The van der Waals surface area contributed by atoms with Gasteiger partial charge >= 0.3 is 0 Å². The summed E-state index contributed by atoms with van der Waals surface area (Å²) in [5.74, 6) is 1.59. The normalized spacial score (nSPS) is 11.1. The zero-order valence-electron chi connectivity index (χ0n) is 11.8. The largest absolute Gasteiger partial charge is 0.493 e. The Morgan fingerprint density at radius 2 is 2.06 bits per heavy atom. The fourth-order valence-electron chi connectivity index (χ4n) is 1.60. The minimum absolute atomic E-state index is 0.193. The van der Waals surface area contributed by atoms with Crippen molar-refractivity contribution in [1.82, 2.24) is 0 Å². The van der Waals surface area contributed by atoms with Gasteiger partial charge in [-0.1, -0.05) is 18.7 Å². The van der Waals surface area contributed by atoms with Crippen molar-refractivity contribution in [1.29, 1.82) is 0 Å². The van der Waals surface area contributed by atoms with Crippen molar-refractivity contribution >= 4 is 0 Å². The lowest BCUT2D eigenvalue weighted by molar-refractivity contribution is -0.731. The van der Waals surface area contributed by atoms with E-state index in [0.29, 0.717) is 6.61 Å². The van der Waals surface area contributed by atoms with Gasteiger partial charge in [0.2, 0.25) is 0 Å². The Kier molecular flexibility index (Phi) is 5.23. The topological polar surface area (TPSA) is 35.1 Å². The molecule has 0 aliphatic rings. The highest BCUT2D eigenvalue weighted by Gasteiger charge is 2.16. The predicted octanol–water partition coefficient (Wildman–Crippen LogP) is 2.12. The van der Waals surface area contributed by atoms with E-state index in [1.807, 2.05) is 12.1 Å². The Morgan fingerprint density at radius 3 is 2.61 bits per heavy atom. The summed E-state index contributed by atoms with van der Waals surface area (Å²) in [5, 5.41) is 2.28. The number of para-hydroxylation sites is 1. The van der Waals surface area contributed by atoms with Crippen molar-refractivity contribution in [2.24, 2.45) is 0 Å². The number of rotatable bonds is 6. The zero-order valence-corrected chi connectivity index (χ0v) is 11.8. The number of hydrogen-bond acceptors (Lipinski definition) is 2. The number of hydrogen-bond donors (Lipinski definition) is 1. The lowest BCUT2D eigenvalue weighted by Gasteiger charge is -2.19. The van der Waals surface area contributed by atoms with Gasteiger partial charge in [0.1, 0.15) is 13.2 Å². The van der Waals surface area contributed by atoms with Crippen molar-refractivity contribution in [3.63, 3.8) is 0 Å². The van der Waals surface area contributed by atoms with Gasteiger partial charge in [-0.05, 0) is 32.9 Å². The van der Waals surface area contributed by atoms with E-state index in [4.69, 9.17) is 9.47 Å². The molecule has 2 N–H and O–H groups in total. The van der Waals surface area contributed by atoms with Gasteiger partial charge in [-0.2, -0.15) is 0 Å². The third-order valence-corrected chi connectivity index (χ3v) is 2.56. The number of nitrogens with two attached hydrogens (primary N) is 1. The number of ether oxygens (including phenoxy) is 2. The molecule has 0 heterocycles. The van der Waals surface area contributed by atoms with E-state index in [0.717, 1.165) is 23.6 Å². The minimum Gasteiger partial charge on any atom is -0.493 e. The van der Waals surface area contributed by atoms with Crippen LogP contribution in [0.4, 0.5) is 0 Å². The van der Waals surface area contributed by atoms with Crippen LogP contribution >= 0.6 is 0 Å². The second kappa shape index (κ2) is 6.45. The Balaban J connectivity index is 2.90. The molecule has 0 aromatic heterocycles. The van der Waals surface area contributed by atoms with Crippen LogP contribution in [0, 0.1) is 0 Å². The standard InChI is InChI=1S/C15H23NO2/c1-6-10-18-14-12(11-16-15(2,3)4)8-7-9-13(14)17-5/h6-9,16H,1,10-11H2,2-5H3/p+1. The maximum Gasteiger partial charge on any atom is 0.170 e. The molecular formula is C15H24NO2+. The van der Waals surface area contributed by atoms with Gasteiger partial charge in [-0.3, -0.25) is 0 Å². The molecule has 100 valence electrons. The van der Waals surface area contributed by atoms with Crippen molar-refractivity contribution in [3.8, 4) is 11.5 Å². The first-order valence-electron chi connectivity index (χ1n) is 6.22. The highest BCUT2D eigenvalue weighted by Crippen LogP contribution is 2.30. The van der Waals surface area contributed by atoms with E-state index in [1.54, 1.807) is 13.2 Å².